The van der Waals surface area contributed by atoms with Crippen LogP contribution >= 0.6 is 0 Å². The summed E-state index contributed by atoms with van der Waals surface area (Å²) in [7, 11) is 0. The number of aryl methyl sites for hydroxylation is 1. The van der Waals surface area contributed by atoms with Gasteiger partial charge in [-0.25, -0.2) is 0 Å². The van der Waals surface area contributed by atoms with E-state index in [1.54, 1.807) is 6.20 Å². The zero-order valence-electron chi connectivity index (χ0n) is 12.5. The number of aromatic amines is 1. The van der Waals surface area contributed by atoms with E-state index in [0.717, 1.165) is 33.1 Å². The molecular weight excluding hydrogens is 286 g/mol. The van der Waals surface area contributed by atoms with Crippen LogP contribution in [-0.4, -0.2) is 9.97 Å². The number of benzene rings is 2. The van der Waals surface area contributed by atoms with Crippen LogP contribution in [0.5, 0.6) is 11.5 Å². The molecule has 4 aromatic rings. The summed E-state index contributed by atoms with van der Waals surface area (Å²) < 4.78 is 6.05. The third kappa shape index (κ3) is 2.29. The fourth-order valence-electron chi connectivity index (χ4n) is 2.70. The zero-order valence-corrected chi connectivity index (χ0v) is 12.5. The van der Waals surface area contributed by atoms with Crippen LogP contribution in [0.15, 0.2) is 54.9 Å². The van der Waals surface area contributed by atoms with Gasteiger partial charge in [-0.15, -0.1) is 0 Å². The van der Waals surface area contributed by atoms with Crippen molar-refractivity contribution in [3.63, 3.8) is 0 Å². The summed E-state index contributed by atoms with van der Waals surface area (Å²) in [6.07, 6.45) is 3.62. The fraction of sp³-hybridized carbons (Fsp3) is 0.0526. The van der Waals surface area contributed by atoms with Crippen molar-refractivity contribution in [3.05, 3.63) is 66.0 Å². The second-order valence-electron chi connectivity index (χ2n) is 5.43. The van der Waals surface area contributed by atoms with Crippen molar-refractivity contribution in [2.75, 3.05) is 0 Å². The van der Waals surface area contributed by atoms with Crippen molar-refractivity contribution in [1.82, 2.24) is 9.97 Å². The molecule has 0 aliphatic carbocycles. The van der Waals surface area contributed by atoms with Crippen LogP contribution in [0.3, 0.4) is 0 Å². The van der Waals surface area contributed by atoms with E-state index in [-0.39, 0.29) is 0 Å². The number of H-pyrrole nitrogens is 1. The maximum Gasteiger partial charge on any atom is 0.138 e. The van der Waals surface area contributed by atoms with E-state index >= 15 is 0 Å². The number of fused-ring (bicyclic) bond motifs is 2. The Morgan fingerprint density at radius 2 is 2.04 bits per heavy atom. The number of hydrogen-bond acceptors (Lipinski definition) is 3. The third-order valence-corrected chi connectivity index (χ3v) is 3.92. The van der Waals surface area contributed by atoms with Crippen LogP contribution in [0.25, 0.3) is 21.8 Å². The van der Waals surface area contributed by atoms with E-state index in [9.17, 15) is 5.26 Å². The Morgan fingerprint density at radius 3 is 2.91 bits per heavy atom. The van der Waals surface area contributed by atoms with Gasteiger partial charge in [-0.2, -0.15) is 5.26 Å². The maximum absolute atomic E-state index is 9.24. The molecule has 0 spiro atoms. The number of nitrogens with zero attached hydrogens (tertiary/aromatic N) is 2. The summed E-state index contributed by atoms with van der Waals surface area (Å²) in [5.74, 6) is 1.45. The van der Waals surface area contributed by atoms with Gasteiger partial charge in [0.2, 0.25) is 0 Å². The summed E-state index contributed by atoms with van der Waals surface area (Å²) in [6, 6.07) is 15.7. The first-order chi connectivity index (χ1) is 11.2. The fourth-order valence-corrected chi connectivity index (χ4v) is 2.70. The molecule has 4 rings (SSSR count). The molecule has 4 nitrogen and oxygen atoms in total. The quantitative estimate of drug-likeness (QED) is 0.584. The molecule has 4 heteroatoms. The van der Waals surface area contributed by atoms with Crippen LogP contribution in [0.4, 0.5) is 0 Å². The van der Waals surface area contributed by atoms with Crippen LogP contribution in [0, 0.1) is 18.3 Å². The molecule has 0 atom stereocenters. The lowest BCUT2D eigenvalue weighted by Gasteiger charge is -2.10. The number of nitrogens with one attached hydrogen (secondary N) is 1. The van der Waals surface area contributed by atoms with E-state index in [1.165, 1.54) is 0 Å². The highest BCUT2D eigenvalue weighted by Gasteiger charge is 2.08. The van der Waals surface area contributed by atoms with Crippen LogP contribution in [0.2, 0.25) is 0 Å². The lowest BCUT2D eigenvalue weighted by Crippen LogP contribution is -1.90. The first-order valence-electron chi connectivity index (χ1n) is 7.29. The van der Waals surface area contributed by atoms with Crippen molar-refractivity contribution < 1.29 is 4.74 Å². The molecule has 0 amide bonds. The highest BCUT2D eigenvalue weighted by Crippen LogP contribution is 2.31. The molecule has 0 aliphatic heterocycles. The van der Waals surface area contributed by atoms with Gasteiger partial charge in [0.15, 0.2) is 0 Å². The molecule has 2 heterocycles. The number of nitriles is 1. The number of hydrogen-bond donors (Lipinski definition) is 1. The Balaban J connectivity index is 1.83. The van der Waals surface area contributed by atoms with E-state index in [0.29, 0.717) is 11.3 Å². The van der Waals surface area contributed by atoms with E-state index in [2.05, 4.69) is 16.0 Å². The Bertz CT molecular complexity index is 1070. The molecule has 0 saturated heterocycles. The summed E-state index contributed by atoms with van der Waals surface area (Å²) >= 11 is 0. The predicted octanol–water partition coefficient (Wildman–Crippen LogP) is 4.69. The normalized spacial score (nSPS) is 10.8. The van der Waals surface area contributed by atoms with Crippen molar-refractivity contribution in [3.8, 4) is 17.6 Å². The number of ether oxygens (including phenoxy) is 1. The molecule has 0 saturated carbocycles. The average molecular weight is 299 g/mol. The van der Waals surface area contributed by atoms with Crippen molar-refractivity contribution >= 4 is 21.8 Å². The minimum atomic E-state index is 0.636. The summed E-state index contributed by atoms with van der Waals surface area (Å²) in [6.45, 7) is 1.91. The summed E-state index contributed by atoms with van der Waals surface area (Å²) in [5.41, 5.74) is 3.44. The maximum atomic E-state index is 9.24. The first-order valence-corrected chi connectivity index (χ1v) is 7.29. The molecule has 0 radical (unpaired) electrons. The highest BCUT2D eigenvalue weighted by molar-refractivity contribution is 5.87. The van der Waals surface area contributed by atoms with Gasteiger partial charge in [0, 0.05) is 28.7 Å². The molecule has 110 valence electrons. The van der Waals surface area contributed by atoms with Gasteiger partial charge >= 0.3 is 0 Å². The molecule has 0 fully saturated rings. The number of rotatable bonds is 2. The second kappa shape index (κ2) is 5.15. The molecule has 23 heavy (non-hydrogen) atoms. The minimum Gasteiger partial charge on any atom is -0.457 e. The lowest BCUT2D eigenvalue weighted by molar-refractivity contribution is 0.488. The Hall–Kier alpha value is -3.32. The zero-order chi connectivity index (χ0) is 15.8. The van der Waals surface area contributed by atoms with Crippen molar-refractivity contribution in [2.24, 2.45) is 0 Å². The van der Waals surface area contributed by atoms with Gasteiger partial charge in [-0.05, 0) is 55.0 Å². The molecule has 0 unspecified atom stereocenters. The standard InChI is InChI=1S/C19H13N3O/c1-12-8-18-16(10-14(12)11-20)19(5-7-22-18)23-15-2-3-17-13(9-15)4-6-21-17/h2-10,21H,1H3. The van der Waals surface area contributed by atoms with Gasteiger partial charge in [0.1, 0.15) is 11.5 Å². The predicted molar refractivity (Wildman–Crippen MR) is 89.6 cm³/mol. The third-order valence-electron chi connectivity index (χ3n) is 3.92. The van der Waals surface area contributed by atoms with Gasteiger partial charge in [0.05, 0.1) is 17.1 Å². The molecular formula is C19H13N3O. The Morgan fingerprint density at radius 1 is 1.13 bits per heavy atom. The van der Waals surface area contributed by atoms with Crippen LogP contribution in [-0.2, 0) is 0 Å². The van der Waals surface area contributed by atoms with Crippen molar-refractivity contribution in [1.29, 1.82) is 5.26 Å². The minimum absolute atomic E-state index is 0.636. The SMILES string of the molecule is Cc1cc2nccc(Oc3ccc4[nH]ccc4c3)c2cc1C#N. The summed E-state index contributed by atoms with van der Waals surface area (Å²) in [4.78, 5) is 7.53. The molecule has 2 aromatic carbocycles. The van der Waals surface area contributed by atoms with E-state index in [1.807, 2.05) is 55.6 Å². The van der Waals surface area contributed by atoms with E-state index < -0.39 is 0 Å². The number of pyridine rings is 1. The van der Waals surface area contributed by atoms with E-state index in [4.69, 9.17) is 4.74 Å². The van der Waals surface area contributed by atoms with Gasteiger partial charge in [-0.1, -0.05) is 0 Å². The molecule has 0 bridgehead atoms. The highest BCUT2D eigenvalue weighted by atomic mass is 16.5. The van der Waals surface area contributed by atoms with Gasteiger partial charge in [-0.3, -0.25) is 4.98 Å². The molecule has 0 aliphatic rings. The smallest absolute Gasteiger partial charge is 0.138 e. The van der Waals surface area contributed by atoms with Crippen LogP contribution < -0.4 is 4.74 Å². The molecule has 1 N–H and O–H groups in total. The monoisotopic (exact) mass is 299 g/mol. The van der Waals surface area contributed by atoms with Crippen LogP contribution in [0.1, 0.15) is 11.1 Å². The Labute approximate surface area is 133 Å². The second-order valence-corrected chi connectivity index (χ2v) is 5.43. The van der Waals surface area contributed by atoms with Gasteiger partial charge < -0.3 is 9.72 Å². The Kier molecular flexibility index (Phi) is 2.99. The summed E-state index contributed by atoms with van der Waals surface area (Å²) in [5, 5.41) is 11.2. The van der Waals surface area contributed by atoms with Crippen molar-refractivity contribution in [2.45, 2.75) is 6.92 Å². The lowest BCUT2D eigenvalue weighted by atomic mass is 10.1. The van der Waals surface area contributed by atoms with Gasteiger partial charge in [0.25, 0.3) is 0 Å². The number of aromatic nitrogens is 2. The molecule has 2 aromatic heterocycles. The first kappa shape index (κ1) is 13.4. The topological polar surface area (TPSA) is 61.7 Å². The average Bonchev–Trinajstić information content (AvgIpc) is 3.02. The largest absolute Gasteiger partial charge is 0.457 e.